The molecule has 0 saturated carbocycles. The summed E-state index contributed by atoms with van der Waals surface area (Å²) in [7, 11) is 4.01. The Bertz CT molecular complexity index is 531. The second-order valence-electron chi connectivity index (χ2n) is 5.56. The van der Waals surface area contributed by atoms with Crippen molar-refractivity contribution in [2.45, 2.75) is 12.8 Å². The number of anilines is 1. The number of amides is 2. The Morgan fingerprint density at radius 3 is 2.91 bits per heavy atom. The van der Waals surface area contributed by atoms with Gasteiger partial charge in [-0.15, -0.1) is 0 Å². The van der Waals surface area contributed by atoms with Gasteiger partial charge in [-0.05, 0) is 39.2 Å². The highest BCUT2D eigenvalue weighted by atomic mass is 16.5. The predicted molar refractivity (Wildman–Crippen MR) is 85.1 cm³/mol. The van der Waals surface area contributed by atoms with Crippen LogP contribution in [0.1, 0.15) is 12.8 Å². The Labute approximate surface area is 131 Å². The van der Waals surface area contributed by atoms with Crippen LogP contribution in [0.5, 0.6) is 5.75 Å². The molecular formula is C16H23N3O3. The van der Waals surface area contributed by atoms with Gasteiger partial charge in [0, 0.05) is 19.5 Å². The molecule has 1 N–H and O–H groups in total. The average Bonchev–Trinajstić information content (AvgIpc) is 2.50. The van der Waals surface area contributed by atoms with Crippen LogP contribution in [0, 0.1) is 0 Å². The summed E-state index contributed by atoms with van der Waals surface area (Å²) in [6, 6.07) is 7.39. The number of carbonyl (C=O) groups is 2. The Balaban J connectivity index is 1.81. The van der Waals surface area contributed by atoms with Crippen molar-refractivity contribution in [1.82, 2.24) is 10.2 Å². The zero-order chi connectivity index (χ0) is 15.9. The standard InChI is InChI=1S/C16H23N3O3/c1-18(2)10-5-9-17-15(20)8-11-19-13-6-3-4-7-14(13)22-12-16(19)21/h3-4,6-7H,5,8-12H2,1-2H3,(H,17,20). The number of nitrogens with one attached hydrogen (secondary N) is 1. The van der Waals surface area contributed by atoms with E-state index in [1.54, 1.807) is 4.90 Å². The fraction of sp³-hybridized carbons (Fsp3) is 0.500. The van der Waals surface area contributed by atoms with E-state index in [2.05, 4.69) is 10.2 Å². The minimum absolute atomic E-state index is 0.0292. The minimum atomic E-state index is -0.112. The SMILES string of the molecule is CN(C)CCCNC(=O)CCN1C(=O)COc2ccccc21. The molecule has 0 fully saturated rings. The van der Waals surface area contributed by atoms with Gasteiger partial charge in [0.1, 0.15) is 5.75 Å². The van der Waals surface area contributed by atoms with E-state index in [9.17, 15) is 9.59 Å². The summed E-state index contributed by atoms with van der Waals surface area (Å²) in [6.07, 6.45) is 1.21. The van der Waals surface area contributed by atoms with Gasteiger partial charge >= 0.3 is 0 Å². The first-order valence-corrected chi connectivity index (χ1v) is 7.51. The van der Waals surface area contributed by atoms with Crippen molar-refractivity contribution >= 4 is 17.5 Å². The van der Waals surface area contributed by atoms with Crippen molar-refractivity contribution in [3.05, 3.63) is 24.3 Å². The molecule has 0 saturated heterocycles. The van der Waals surface area contributed by atoms with Crippen LogP contribution in [0.4, 0.5) is 5.69 Å². The molecule has 120 valence electrons. The number of carbonyl (C=O) groups excluding carboxylic acids is 2. The number of benzene rings is 1. The smallest absolute Gasteiger partial charge is 0.265 e. The summed E-state index contributed by atoms with van der Waals surface area (Å²) < 4.78 is 5.38. The van der Waals surface area contributed by atoms with Crippen molar-refractivity contribution in [3.8, 4) is 5.75 Å². The van der Waals surface area contributed by atoms with Crippen LogP contribution >= 0.6 is 0 Å². The lowest BCUT2D eigenvalue weighted by Gasteiger charge is -2.29. The number of fused-ring (bicyclic) bond motifs is 1. The third-order valence-electron chi connectivity index (χ3n) is 3.47. The quantitative estimate of drug-likeness (QED) is 0.759. The fourth-order valence-electron chi connectivity index (χ4n) is 2.32. The Hall–Kier alpha value is -2.08. The zero-order valence-corrected chi connectivity index (χ0v) is 13.2. The number of para-hydroxylation sites is 2. The van der Waals surface area contributed by atoms with Gasteiger partial charge in [0.05, 0.1) is 5.69 Å². The van der Waals surface area contributed by atoms with Gasteiger partial charge in [-0.25, -0.2) is 0 Å². The van der Waals surface area contributed by atoms with Crippen LogP contribution in [0.25, 0.3) is 0 Å². The Morgan fingerprint density at radius 2 is 2.14 bits per heavy atom. The van der Waals surface area contributed by atoms with Crippen molar-refractivity contribution < 1.29 is 14.3 Å². The topological polar surface area (TPSA) is 61.9 Å². The highest BCUT2D eigenvalue weighted by Crippen LogP contribution is 2.31. The third kappa shape index (κ3) is 4.46. The molecule has 22 heavy (non-hydrogen) atoms. The van der Waals surface area contributed by atoms with Gasteiger partial charge in [-0.1, -0.05) is 12.1 Å². The van der Waals surface area contributed by atoms with Gasteiger partial charge in [-0.3, -0.25) is 9.59 Å². The second kappa shape index (κ2) is 7.79. The molecule has 0 spiro atoms. The molecule has 6 heteroatoms. The molecule has 1 aliphatic heterocycles. The highest BCUT2D eigenvalue weighted by molar-refractivity contribution is 5.98. The molecule has 2 amide bonds. The van der Waals surface area contributed by atoms with Gasteiger partial charge in [-0.2, -0.15) is 0 Å². The van der Waals surface area contributed by atoms with Crippen LogP contribution in [-0.4, -0.2) is 57.1 Å². The minimum Gasteiger partial charge on any atom is -0.482 e. The number of ether oxygens (including phenoxy) is 1. The van der Waals surface area contributed by atoms with Crippen LogP contribution in [0.3, 0.4) is 0 Å². The summed E-state index contributed by atoms with van der Waals surface area (Å²) in [5.41, 5.74) is 0.735. The lowest BCUT2D eigenvalue weighted by Crippen LogP contribution is -2.41. The normalized spacial score (nSPS) is 13.8. The van der Waals surface area contributed by atoms with Crippen LogP contribution in [0.15, 0.2) is 24.3 Å². The first-order valence-electron chi connectivity index (χ1n) is 7.51. The molecule has 6 nitrogen and oxygen atoms in total. The fourth-order valence-corrected chi connectivity index (χ4v) is 2.32. The molecule has 0 bridgehead atoms. The lowest BCUT2D eigenvalue weighted by atomic mass is 10.2. The van der Waals surface area contributed by atoms with Gasteiger partial charge in [0.15, 0.2) is 6.61 Å². The van der Waals surface area contributed by atoms with Crippen LogP contribution in [0.2, 0.25) is 0 Å². The van der Waals surface area contributed by atoms with Crippen LogP contribution in [-0.2, 0) is 9.59 Å². The predicted octanol–water partition coefficient (Wildman–Crippen LogP) is 0.870. The second-order valence-corrected chi connectivity index (χ2v) is 5.56. The maximum atomic E-state index is 12.0. The van der Waals surface area contributed by atoms with Crippen molar-refractivity contribution in [3.63, 3.8) is 0 Å². The summed E-state index contributed by atoms with van der Waals surface area (Å²) in [5.74, 6) is 0.545. The lowest BCUT2D eigenvalue weighted by molar-refractivity contribution is -0.122. The molecule has 0 unspecified atom stereocenters. The molecule has 1 aromatic carbocycles. The largest absolute Gasteiger partial charge is 0.482 e. The van der Waals surface area contributed by atoms with Gasteiger partial charge in [0.2, 0.25) is 5.91 Å². The number of rotatable bonds is 7. The maximum Gasteiger partial charge on any atom is 0.265 e. The Morgan fingerprint density at radius 1 is 1.36 bits per heavy atom. The van der Waals surface area contributed by atoms with Crippen LogP contribution < -0.4 is 15.0 Å². The van der Waals surface area contributed by atoms with Crippen molar-refractivity contribution in [2.75, 3.05) is 45.2 Å². The van der Waals surface area contributed by atoms with Crippen molar-refractivity contribution in [2.24, 2.45) is 0 Å². The van der Waals surface area contributed by atoms with Gasteiger partial charge < -0.3 is 19.9 Å². The third-order valence-corrected chi connectivity index (χ3v) is 3.47. The summed E-state index contributed by atoms with van der Waals surface area (Å²) in [4.78, 5) is 27.5. The number of hydrogen-bond acceptors (Lipinski definition) is 4. The molecule has 0 radical (unpaired) electrons. The van der Waals surface area contributed by atoms with Gasteiger partial charge in [0.25, 0.3) is 5.91 Å². The van der Waals surface area contributed by atoms with E-state index < -0.39 is 0 Å². The van der Waals surface area contributed by atoms with E-state index >= 15 is 0 Å². The highest BCUT2D eigenvalue weighted by Gasteiger charge is 2.25. The van der Waals surface area contributed by atoms with E-state index in [-0.39, 0.29) is 18.4 Å². The van der Waals surface area contributed by atoms with E-state index in [4.69, 9.17) is 4.74 Å². The molecule has 0 aromatic heterocycles. The van der Waals surface area contributed by atoms with E-state index in [1.165, 1.54) is 0 Å². The molecular weight excluding hydrogens is 282 g/mol. The average molecular weight is 305 g/mol. The van der Waals surface area contributed by atoms with Crippen molar-refractivity contribution in [1.29, 1.82) is 0 Å². The first kappa shape index (κ1) is 16.3. The molecule has 1 aliphatic rings. The molecule has 0 aliphatic carbocycles. The maximum absolute atomic E-state index is 12.0. The van der Waals surface area contributed by atoms with E-state index in [1.807, 2.05) is 38.4 Å². The first-order chi connectivity index (χ1) is 10.6. The molecule has 1 heterocycles. The Kier molecular flexibility index (Phi) is 5.77. The molecule has 2 rings (SSSR count). The summed E-state index contributed by atoms with van der Waals surface area (Å²) >= 11 is 0. The summed E-state index contributed by atoms with van der Waals surface area (Å²) in [5, 5.41) is 2.88. The van der Waals surface area contributed by atoms with E-state index in [0.717, 1.165) is 18.7 Å². The monoisotopic (exact) mass is 305 g/mol. The number of hydrogen-bond donors (Lipinski definition) is 1. The molecule has 1 aromatic rings. The summed E-state index contributed by atoms with van der Waals surface area (Å²) in [6.45, 7) is 2.00. The molecule has 0 atom stereocenters. The van der Waals surface area contributed by atoms with E-state index in [0.29, 0.717) is 25.3 Å². The number of nitrogens with zero attached hydrogens (tertiary/aromatic N) is 2. The zero-order valence-electron chi connectivity index (χ0n) is 13.2.